The molecule has 0 radical (unpaired) electrons. The van der Waals surface area contributed by atoms with Crippen molar-refractivity contribution in [3.63, 3.8) is 0 Å². The third kappa shape index (κ3) is 1.96. The lowest BCUT2D eigenvalue weighted by molar-refractivity contribution is 0.357. The van der Waals surface area contributed by atoms with Crippen LogP contribution in [0, 0.1) is 5.92 Å². The van der Waals surface area contributed by atoms with Gasteiger partial charge in [0.05, 0.1) is 0 Å². The number of hydrogen-bond acceptors (Lipinski definition) is 2. The van der Waals surface area contributed by atoms with Gasteiger partial charge in [0.1, 0.15) is 0 Å². The fraction of sp³-hybridized carbons (Fsp3) is 0.600. The lowest BCUT2D eigenvalue weighted by atomic mass is 9.83. The summed E-state index contributed by atoms with van der Waals surface area (Å²) in [6, 6.07) is 0. The minimum absolute atomic E-state index is 0.0914. The molecule has 2 unspecified atom stereocenters. The zero-order valence-electron chi connectivity index (χ0n) is 7.88. The molecule has 0 heterocycles. The molecule has 0 saturated carbocycles. The van der Waals surface area contributed by atoms with Crippen molar-refractivity contribution in [3.8, 4) is 0 Å². The summed E-state index contributed by atoms with van der Waals surface area (Å²) in [5.41, 5.74) is 5.54. The minimum Gasteiger partial charge on any atom is -0.329 e. The van der Waals surface area contributed by atoms with E-state index in [1.165, 1.54) is 0 Å². The van der Waals surface area contributed by atoms with Crippen LogP contribution in [0.2, 0.25) is 0 Å². The summed E-state index contributed by atoms with van der Waals surface area (Å²) in [6.07, 6.45) is 8.59. The highest BCUT2D eigenvalue weighted by atomic mass is 15.0. The number of allylic oxidation sites excluding steroid dienone is 2. The number of nitrogens with one attached hydrogen (secondary N) is 1. The van der Waals surface area contributed by atoms with Crippen molar-refractivity contribution in [2.45, 2.75) is 19.4 Å². The topological polar surface area (TPSA) is 38.0 Å². The highest BCUT2D eigenvalue weighted by Gasteiger charge is 2.26. The second-order valence-electron chi connectivity index (χ2n) is 3.53. The van der Waals surface area contributed by atoms with E-state index in [-0.39, 0.29) is 5.54 Å². The number of hydrogen-bond donors (Lipinski definition) is 2. The van der Waals surface area contributed by atoms with E-state index in [0.717, 1.165) is 6.54 Å². The molecule has 12 heavy (non-hydrogen) atoms. The average molecular weight is 166 g/mol. The van der Waals surface area contributed by atoms with E-state index in [0.29, 0.717) is 12.5 Å². The molecule has 0 aliphatic heterocycles. The summed E-state index contributed by atoms with van der Waals surface area (Å²) in [4.78, 5) is 0. The monoisotopic (exact) mass is 166 g/mol. The summed E-state index contributed by atoms with van der Waals surface area (Å²) >= 11 is 0. The largest absolute Gasteiger partial charge is 0.329 e. The molecular formula is C10H18N2. The molecular weight excluding hydrogens is 148 g/mol. The van der Waals surface area contributed by atoms with Crippen LogP contribution >= 0.6 is 0 Å². The zero-order chi connectivity index (χ0) is 9.03. The molecule has 0 spiro atoms. The van der Waals surface area contributed by atoms with E-state index in [1.54, 1.807) is 0 Å². The highest BCUT2D eigenvalue weighted by molar-refractivity contribution is 5.22. The molecule has 0 aromatic heterocycles. The summed E-state index contributed by atoms with van der Waals surface area (Å²) < 4.78 is 0. The van der Waals surface area contributed by atoms with Gasteiger partial charge in [0.2, 0.25) is 0 Å². The number of rotatable bonds is 3. The van der Waals surface area contributed by atoms with Gasteiger partial charge in [0, 0.05) is 18.6 Å². The smallest absolute Gasteiger partial charge is 0.0399 e. The van der Waals surface area contributed by atoms with Gasteiger partial charge in [-0.25, -0.2) is 0 Å². The van der Waals surface area contributed by atoms with Gasteiger partial charge in [-0.15, -0.1) is 0 Å². The quantitative estimate of drug-likeness (QED) is 0.658. The van der Waals surface area contributed by atoms with Gasteiger partial charge >= 0.3 is 0 Å². The lowest BCUT2D eigenvalue weighted by Crippen LogP contribution is -2.48. The van der Waals surface area contributed by atoms with E-state index in [2.05, 4.69) is 43.5 Å². The van der Waals surface area contributed by atoms with Crippen LogP contribution in [-0.4, -0.2) is 18.6 Å². The maximum atomic E-state index is 5.45. The molecule has 0 aromatic carbocycles. The van der Waals surface area contributed by atoms with Crippen LogP contribution in [0.4, 0.5) is 0 Å². The molecule has 1 rings (SSSR count). The summed E-state index contributed by atoms with van der Waals surface area (Å²) in [7, 11) is 0. The Hall–Kier alpha value is -0.600. The molecule has 0 amide bonds. The Kier molecular flexibility index (Phi) is 3.06. The molecule has 0 fully saturated rings. The SMILES string of the molecule is CC1C=CC=CC1(C)NCCN. The van der Waals surface area contributed by atoms with Gasteiger partial charge in [0.25, 0.3) is 0 Å². The molecule has 2 heteroatoms. The summed E-state index contributed by atoms with van der Waals surface area (Å²) in [5.74, 6) is 0.536. The lowest BCUT2D eigenvalue weighted by Gasteiger charge is -2.34. The molecule has 2 atom stereocenters. The maximum Gasteiger partial charge on any atom is 0.0399 e. The molecule has 2 nitrogen and oxygen atoms in total. The first-order chi connectivity index (χ1) is 5.69. The van der Waals surface area contributed by atoms with Gasteiger partial charge in [-0.05, 0) is 12.8 Å². The Labute approximate surface area is 74.5 Å². The van der Waals surface area contributed by atoms with Crippen molar-refractivity contribution in [1.29, 1.82) is 0 Å². The molecule has 0 aromatic rings. The Bertz CT molecular complexity index is 196. The highest BCUT2D eigenvalue weighted by Crippen LogP contribution is 2.22. The zero-order valence-corrected chi connectivity index (χ0v) is 7.88. The van der Waals surface area contributed by atoms with Gasteiger partial charge in [-0.3, -0.25) is 0 Å². The standard InChI is InChI=1S/C10H18N2/c1-9-5-3-4-6-10(9,2)12-8-7-11/h3-6,9,12H,7-8,11H2,1-2H3. The van der Waals surface area contributed by atoms with Crippen molar-refractivity contribution in [3.05, 3.63) is 24.3 Å². The third-order valence-corrected chi connectivity index (χ3v) is 2.55. The summed E-state index contributed by atoms with van der Waals surface area (Å²) in [5, 5.41) is 3.43. The Morgan fingerprint density at radius 1 is 1.50 bits per heavy atom. The molecule has 0 bridgehead atoms. The Morgan fingerprint density at radius 3 is 2.83 bits per heavy atom. The first-order valence-electron chi connectivity index (χ1n) is 4.50. The normalized spacial score (nSPS) is 34.1. The van der Waals surface area contributed by atoms with E-state index in [4.69, 9.17) is 5.73 Å². The third-order valence-electron chi connectivity index (χ3n) is 2.55. The van der Waals surface area contributed by atoms with Crippen LogP contribution in [-0.2, 0) is 0 Å². The van der Waals surface area contributed by atoms with Crippen LogP contribution in [0.25, 0.3) is 0 Å². The van der Waals surface area contributed by atoms with E-state index >= 15 is 0 Å². The fourth-order valence-electron chi connectivity index (χ4n) is 1.40. The Balaban J connectivity index is 2.57. The summed E-state index contributed by atoms with van der Waals surface area (Å²) in [6.45, 7) is 5.98. The molecule has 3 N–H and O–H groups in total. The van der Waals surface area contributed by atoms with E-state index < -0.39 is 0 Å². The van der Waals surface area contributed by atoms with Crippen molar-refractivity contribution in [2.24, 2.45) is 11.7 Å². The molecule has 0 saturated heterocycles. The average Bonchev–Trinajstić information content (AvgIpc) is 2.07. The fourth-order valence-corrected chi connectivity index (χ4v) is 1.40. The van der Waals surface area contributed by atoms with Crippen LogP contribution in [0.1, 0.15) is 13.8 Å². The van der Waals surface area contributed by atoms with E-state index in [9.17, 15) is 0 Å². The van der Waals surface area contributed by atoms with Crippen LogP contribution < -0.4 is 11.1 Å². The first-order valence-corrected chi connectivity index (χ1v) is 4.50. The van der Waals surface area contributed by atoms with Gasteiger partial charge < -0.3 is 11.1 Å². The first kappa shape index (κ1) is 9.49. The van der Waals surface area contributed by atoms with Gasteiger partial charge in [-0.1, -0.05) is 31.2 Å². The Morgan fingerprint density at radius 2 is 2.25 bits per heavy atom. The second-order valence-corrected chi connectivity index (χ2v) is 3.53. The van der Waals surface area contributed by atoms with Crippen molar-refractivity contribution >= 4 is 0 Å². The minimum atomic E-state index is 0.0914. The van der Waals surface area contributed by atoms with Crippen molar-refractivity contribution in [1.82, 2.24) is 5.32 Å². The van der Waals surface area contributed by atoms with Crippen LogP contribution in [0.5, 0.6) is 0 Å². The van der Waals surface area contributed by atoms with Crippen molar-refractivity contribution < 1.29 is 0 Å². The van der Waals surface area contributed by atoms with Gasteiger partial charge in [0.15, 0.2) is 0 Å². The van der Waals surface area contributed by atoms with Crippen LogP contribution in [0.3, 0.4) is 0 Å². The molecule has 1 aliphatic rings. The predicted octanol–water partition coefficient (Wildman–Crippen LogP) is 1.06. The molecule has 68 valence electrons. The predicted molar refractivity (Wildman–Crippen MR) is 52.9 cm³/mol. The molecule has 1 aliphatic carbocycles. The van der Waals surface area contributed by atoms with Gasteiger partial charge in [-0.2, -0.15) is 0 Å². The van der Waals surface area contributed by atoms with Crippen LogP contribution in [0.15, 0.2) is 24.3 Å². The second kappa shape index (κ2) is 3.87. The van der Waals surface area contributed by atoms with E-state index in [1.807, 2.05) is 0 Å². The maximum absolute atomic E-state index is 5.45. The number of nitrogens with two attached hydrogens (primary N) is 1. The van der Waals surface area contributed by atoms with Crippen molar-refractivity contribution in [2.75, 3.05) is 13.1 Å².